The van der Waals surface area contributed by atoms with Gasteiger partial charge in [0.15, 0.2) is 0 Å². The van der Waals surface area contributed by atoms with E-state index < -0.39 is 0 Å². The van der Waals surface area contributed by atoms with E-state index in [-0.39, 0.29) is 5.91 Å². The van der Waals surface area contributed by atoms with Crippen LogP contribution in [-0.4, -0.2) is 24.4 Å². The van der Waals surface area contributed by atoms with Gasteiger partial charge in [0, 0.05) is 17.4 Å². The van der Waals surface area contributed by atoms with Crippen LogP contribution in [0.3, 0.4) is 0 Å². The number of hydrogen-bond donors (Lipinski definition) is 1. The van der Waals surface area contributed by atoms with Crippen molar-refractivity contribution in [2.45, 2.75) is 6.92 Å². The molecule has 0 bridgehead atoms. The summed E-state index contributed by atoms with van der Waals surface area (Å²) in [5.41, 5.74) is 0.656. The molecule has 0 heterocycles. The van der Waals surface area contributed by atoms with Crippen molar-refractivity contribution in [3.05, 3.63) is 29.8 Å². The standard InChI is InChI=1S/C11H14BrNO2/c1-2-13-11(14)9-3-5-10(6-4-9)15-8-7-12/h3-6H,2,7-8H2,1H3,(H,13,14). The quantitative estimate of drug-likeness (QED) is 0.834. The van der Waals surface area contributed by atoms with Crippen LogP contribution in [0.1, 0.15) is 17.3 Å². The van der Waals surface area contributed by atoms with Crippen LogP contribution in [0.4, 0.5) is 0 Å². The van der Waals surface area contributed by atoms with Crippen LogP contribution in [0.15, 0.2) is 24.3 Å². The van der Waals surface area contributed by atoms with Gasteiger partial charge in [0.25, 0.3) is 5.91 Å². The molecule has 1 aromatic carbocycles. The molecule has 4 heteroatoms. The van der Waals surface area contributed by atoms with E-state index in [4.69, 9.17) is 4.74 Å². The molecule has 0 spiro atoms. The summed E-state index contributed by atoms with van der Waals surface area (Å²) in [6.07, 6.45) is 0. The van der Waals surface area contributed by atoms with Crippen LogP contribution >= 0.6 is 15.9 Å². The molecular weight excluding hydrogens is 258 g/mol. The van der Waals surface area contributed by atoms with Crippen LogP contribution in [0.2, 0.25) is 0 Å². The highest BCUT2D eigenvalue weighted by molar-refractivity contribution is 9.09. The van der Waals surface area contributed by atoms with Crippen molar-refractivity contribution in [2.75, 3.05) is 18.5 Å². The Labute approximate surface area is 97.9 Å². The lowest BCUT2D eigenvalue weighted by Gasteiger charge is -2.05. The van der Waals surface area contributed by atoms with Crippen molar-refractivity contribution in [3.8, 4) is 5.75 Å². The van der Waals surface area contributed by atoms with Crippen molar-refractivity contribution in [3.63, 3.8) is 0 Å². The zero-order valence-corrected chi connectivity index (χ0v) is 10.2. The Morgan fingerprint density at radius 1 is 1.40 bits per heavy atom. The molecule has 1 N–H and O–H groups in total. The predicted molar refractivity (Wildman–Crippen MR) is 63.7 cm³/mol. The van der Waals surface area contributed by atoms with Gasteiger partial charge >= 0.3 is 0 Å². The third-order valence-corrected chi connectivity index (χ3v) is 2.12. The molecule has 15 heavy (non-hydrogen) atoms. The van der Waals surface area contributed by atoms with Crippen molar-refractivity contribution in [2.24, 2.45) is 0 Å². The molecule has 1 aromatic rings. The zero-order chi connectivity index (χ0) is 11.1. The second-order valence-corrected chi connectivity index (χ2v) is 3.71. The highest BCUT2D eigenvalue weighted by Crippen LogP contribution is 2.12. The number of hydrogen-bond acceptors (Lipinski definition) is 2. The van der Waals surface area contributed by atoms with Gasteiger partial charge in [0.2, 0.25) is 0 Å². The maximum atomic E-state index is 11.4. The Kier molecular flexibility index (Phi) is 5.18. The number of benzene rings is 1. The van der Waals surface area contributed by atoms with E-state index in [9.17, 15) is 4.79 Å². The molecule has 0 aliphatic carbocycles. The summed E-state index contributed by atoms with van der Waals surface area (Å²) in [5.74, 6) is 0.729. The molecule has 0 fully saturated rings. The number of ether oxygens (including phenoxy) is 1. The largest absolute Gasteiger partial charge is 0.493 e. The third-order valence-electron chi connectivity index (χ3n) is 1.80. The monoisotopic (exact) mass is 271 g/mol. The number of rotatable bonds is 5. The van der Waals surface area contributed by atoms with Crippen LogP contribution in [0, 0.1) is 0 Å². The highest BCUT2D eigenvalue weighted by Gasteiger charge is 2.03. The summed E-state index contributed by atoms with van der Waals surface area (Å²) in [5, 5.41) is 3.53. The van der Waals surface area contributed by atoms with Crippen molar-refractivity contribution in [1.82, 2.24) is 5.32 Å². The Balaban J connectivity index is 2.59. The molecule has 82 valence electrons. The first kappa shape index (κ1) is 12.0. The van der Waals surface area contributed by atoms with E-state index in [1.54, 1.807) is 24.3 Å². The normalized spacial score (nSPS) is 9.73. The molecule has 1 amide bonds. The fourth-order valence-electron chi connectivity index (χ4n) is 1.12. The Bertz CT molecular complexity index is 311. The molecule has 0 aromatic heterocycles. The smallest absolute Gasteiger partial charge is 0.251 e. The van der Waals surface area contributed by atoms with E-state index in [0.717, 1.165) is 11.1 Å². The molecular formula is C11H14BrNO2. The lowest BCUT2D eigenvalue weighted by Crippen LogP contribution is -2.22. The second kappa shape index (κ2) is 6.45. The van der Waals surface area contributed by atoms with Gasteiger partial charge in [-0.1, -0.05) is 15.9 Å². The number of nitrogens with one attached hydrogen (secondary N) is 1. The van der Waals surface area contributed by atoms with E-state index in [1.165, 1.54) is 0 Å². The van der Waals surface area contributed by atoms with Gasteiger partial charge in [-0.2, -0.15) is 0 Å². The number of alkyl halides is 1. The van der Waals surface area contributed by atoms with Crippen LogP contribution < -0.4 is 10.1 Å². The van der Waals surface area contributed by atoms with E-state index in [1.807, 2.05) is 6.92 Å². The van der Waals surface area contributed by atoms with Crippen LogP contribution in [0.5, 0.6) is 5.75 Å². The molecule has 1 rings (SSSR count). The van der Waals surface area contributed by atoms with Gasteiger partial charge in [0.05, 0.1) is 6.61 Å². The number of carbonyl (C=O) groups excluding carboxylic acids is 1. The Morgan fingerprint density at radius 2 is 2.07 bits per heavy atom. The lowest BCUT2D eigenvalue weighted by atomic mass is 10.2. The van der Waals surface area contributed by atoms with Crippen molar-refractivity contribution in [1.29, 1.82) is 0 Å². The first-order valence-corrected chi connectivity index (χ1v) is 5.97. The minimum Gasteiger partial charge on any atom is -0.493 e. The topological polar surface area (TPSA) is 38.3 Å². The van der Waals surface area contributed by atoms with Gasteiger partial charge in [-0.05, 0) is 31.2 Å². The van der Waals surface area contributed by atoms with Crippen molar-refractivity contribution >= 4 is 21.8 Å². The van der Waals surface area contributed by atoms with Gasteiger partial charge in [-0.25, -0.2) is 0 Å². The molecule has 0 unspecified atom stereocenters. The average molecular weight is 272 g/mol. The summed E-state index contributed by atoms with van der Waals surface area (Å²) in [6, 6.07) is 7.11. The van der Waals surface area contributed by atoms with E-state index >= 15 is 0 Å². The summed E-state index contributed by atoms with van der Waals surface area (Å²) in [6.45, 7) is 3.16. The number of halogens is 1. The first-order chi connectivity index (χ1) is 7.27. The predicted octanol–water partition coefficient (Wildman–Crippen LogP) is 2.21. The Hall–Kier alpha value is -1.03. The Morgan fingerprint density at radius 3 is 2.60 bits per heavy atom. The van der Waals surface area contributed by atoms with Crippen LogP contribution in [-0.2, 0) is 0 Å². The second-order valence-electron chi connectivity index (χ2n) is 2.92. The number of amides is 1. The fraction of sp³-hybridized carbons (Fsp3) is 0.364. The summed E-state index contributed by atoms with van der Waals surface area (Å²) < 4.78 is 5.37. The summed E-state index contributed by atoms with van der Waals surface area (Å²) in [7, 11) is 0. The van der Waals surface area contributed by atoms with Gasteiger partial charge < -0.3 is 10.1 Å². The van der Waals surface area contributed by atoms with E-state index in [0.29, 0.717) is 18.7 Å². The minimum absolute atomic E-state index is 0.0514. The minimum atomic E-state index is -0.0514. The van der Waals surface area contributed by atoms with Crippen LogP contribution in [0.25, 0.3) is 0 Å². The van der Waals surface area contributed by atoms with Gasteiger partial charge in [0.1, 0.15) is 5.75 Å². The average Bonchev–Trinajstić information content (AvgIpc) is 2.27. The zero-order valence-electron chi connectivity index (χ0n) is 8.63. The summed E-state index contributed by atoms with van der Waals surface area (Å²) in [4.78, 5) is 11.4. The lowest BCUT2D eigenvalue weighted by molar-refractivity contribution is 0.0956. The third kappa shape index (κ3) is 3.91. The molecule has 0 radical (unpaired) electrons. The summed E-state index contributed by atoms with van der Waals surface area (Å²) >= 11 is 3.28. The van der Waals surface area contributed by atoms with Gasteiger partial charge in [-0.15, -0.1) is 0 Å². The molecule has 0 saturated carbocycles. The molecule has 0 atom stereocenters. The highest BCUT2D eigenvalue weighted by atomic mass is 79.9. The fourth-order valence-corrected chi connectivity index (χ4v) is 1.28. The van der Waals surface area contributed by atoms with Crippen molar-refractivity contribution < 1.29 is 9.53 Å². The number of carbonyl (C=O) groups is 1. The maximum Gasteiger partial charge on any atom is 0.251 e. The molecule has 3 nitrogen and oxygen atoms in total. The molecule has 0 aliphatic rings. The molecule has 0 saturated heterocycles. The maximum absolute atomic E-state index is 11.4. The molecule has 0 aliphatic heterocycles. The van der Waals surface area contributed by atoms with Gasteiger partial charge in [-0.3, -0.25) is 4.79 Å². The SMILES string of the molecule is CCNC(=O)c1ccc(OCCBr)cc1. The van der Waals surface area contributed by atoms with E-state index in [2.05, 4.69) is 21.2 Å². The first-order valence-electron chi connectivity index (χ1n) is 4.85.